The van der Waals surface area contributed by atoms with Crippen molar-refractivity contribution in [3.05, 3.63) is 63.8 Å². The van der Waals surface area contributed by atoms with Crippen LogP contribution in [0.15, 0.2) is 35.3 Å². The maximum Gasteiger partial charge on any atom is 0.195 e. The molecule has 0 unspecified atom stereocenters. The summed E-state index contributed by atoms with van der Waals surface area (Å²) < 4.78 is 5.47. The Morgan fingerprint density at radius 3 is 2.55 bits per heavy atom. The number of hydrogen-bond acceptors (Lipinski definition) is 5. The molecule has 2 aromatic carbocycles. The Hall–Kier alpha value is -2.96. The van der Waals surface area contributed by atoms with Crippen LogP contribution in [0.4, 0.5) is 5.69 Å². The molecule has 210 valence electrons. The number of anilines is 1. The van der Waals surface area contributed by atoms with E-state index in [0.717, 1.165) is 90.6 Å². The first-order chi connectivity index (χ1) is 19.4. The lowest BCUT2D eigenvalue weighted by Gasteiger charge is -2.44. The number of fused-ring (bicyclic) bond motifs is 4. The summed E-state index contributed by atoms with van der Waals surface area (Å²) in [5.41, 5.74) is 8.44. The SMILES string of the molecule is C=NCc1ccc2c3c([nH]c2c1)C(C)(C)c1cc(N2CCN(C4COC4)CC2)c(CCC2CCCC2)cc1C3=O. The zero-order valence-electron chi connectivity index (χ0n) is 24.1. The number of H-pyrrole nitrogens is 1. The van der Waals surface area contributed by atoms with Crippen LogP contribution in [-0.2, 0) is 23.1 Å². The fourth-order valence-electron chi connectivity index (χ4n) is 7.70. The normalized spacial score (nSPS) is 21.4. The van der Waals surface area contributed by atoms with Gasteiger partial charge < -0.3 is 14.6 Å². The Morgan fingerprint density at radius 2 is 1.85 bits per heavy atom. The van der Waals surface area contributed by atoms with Gasteiger partial charge in [0.05, 0.1) is 31.4 Å². The molecule has 3 aromatic rings. The highest BCUT2D eigenvalue weighted by Gasteiger charge is 2.41. The summed E-state index contributed by atoms with van der Waals surface area (Å²) in [4.78, 5) is 27.2. The number of benzene rings is 2. The van der Waals surface area contributed by atoms with E-state index >= 15 is 0 Å². The highest BCUT2D eigenvalue weighted by Crippen LogP contribution is 2.46. The molecule has 1 saturated carbocycles. The fourth-order valence-corrected chi connectivity index (χ4v) is 7.70. The molecule has 1 aromatic heterocycles. The number of aryl methyl sites for hydroxylation is 1. The molecule has 2 aliphatic carbocycles. The van der Waals surface area contributed by atoms with Crippen LogP contribution in [0.5, 0.6) is 0 Å². The molecule has 7 rings (SSSR count). The molecule has 2 saturated heterocycles. The first-order valence-corrected chi connectivity index (χ1v) is 15.3. The quantitative estimate of drug-likeness (QED) is 0.382. The summed E-state index contributed by atoms with van der Waals surface area (Å²) in [5.74, 6) is 0.986. The van der Waals surface area contributed by atoms with Crippen LogP contribution in [-0.4, -0.2) is 67.8 Å². The second kappa shape index (κ2) is 10.1. The van der Waals surface area contributed by atoms with Gasteiger partial charge in [-0.15, -0.1) is 0 Å². The van der Waals surface area contributed by atoms with Gasteiger partial charge in [-0.3, -0.25) is 14.7 Å². The number of ether oxygens (including phenoxy) is 1. The van der Waals surface area contributed by atoms with E-state index in [1.165, 1.54) is 43.4 Å². The van der Waals surface area contributed by atoms with Crippen molar-refractivity contribution in [2.24, 2.45) is 10.9 Å². The molecule has 4 aliphatic rings. The van der Waals surface area contributed by atoms with Crippen LogP contribution in [0.3, 0.4) is 0 Å². The average molecular weight is 539 g/mol. The van der Waals surface area contributed by atoms with Gasteiger partial charge in [-0.05, 0) is 60.4 Å². The third-order valence-electron chi connectivity index (χ3n) is 10.2. The Labute approximate surface area is 237 Å². The molecule has 0 atom stereocenters. The minimum Gasteiger partial charge on any atom is -0.378 e. The van der Waals surface area contributed by atoms with Gasteiger partial charge in [0.2, 0.25) is 0 Å². The van der Waals surface area contributed by atoms with E-state index in [0.29, 0.717) is 12.6 Å². The number of aliphatic imine (C=N–C) groups is 1. The highest BCUT2D eigenvalue weighted by atomic mass is 16.5. The Kier molecular flexibility index (Phi) is 6.59. The third-order valence-corrected chi connectivity index (χ3v) is 10.2. The minimum atomic E-state index is -0.307. The Morgan fingerprint density at radius 1 is 1.07 bits per heavy atom. The van der Waals surface area contributed by atoms with Crippen molar-refractivity contribution < 1.29 is 9.53 Å². The maximum absolute atomic E-state index is 14.3. The first-order valence-electron chi connectivity index (χ1n) is 15.3. The standard InChI is InChI=1S/C34H42N4O2/c1-34(2)28-18-30(38-14-12-37(13-15-38)25-20-40-21-25)24(10-8-22-6-4-5-7-22)17-27(28)32(39)31-26-11-9-23(19-35-3)16-29(26)36-33(31)34/h9,11,16-18,22,25,36H,3-8,10,12-15,19-21H2,1-2H3. The average Bonchev–Trinajstić information content (AvgIpc) is 3.58. The molecule has 0 spiro atoms. The number of nitrogens with zero attached hydrogens (tertiary/aromatic N) is 3. The van der Waals surface area contributed by atoms with Gasteiger partial charge in [-0.1, -0.05) is 51.7 Å². The predicted octanol–water partition coefficient (Wildman–Crippen LogP) is 5.88. The van der Waals surface area contributed by atoms with Gasteiger partial charge in [0.25, 0.3) is 0 Å². The number of piperazine rings is 1. The Balaban J connectivity index is 1.28. The molecule has 6 nitrogen and oxygen atoms in total. The number of hydrogen-bond donors (Lipinski definition) is 1. The number of rotatable bonds is 7. The second-order valence-electron chi connectivity index (χ2n) is 13.0. The van der Waals surface area contributed by atoms with Crippen molar-refractivity contribution in [1.29, 1.82) is 0 Å². The van der Waals surface area contributed by atoms with E-state index in [1.54, 1.807) is 0 Å². The molecule has 3 heterocycles. The van der Waals surface area contributed by atoms with Crippen molar-refractivity contribution in [2.45, 2.75) is 70.4 Å². The van der Waals surface area contributed by atoms with Crippen molar-refractivity contribution in [1.82, 2.24) is 9.88 Å². The molecule has 2 aliphatic heterocycles. The number of ketones is 1. The molecule has 1 N–H and O–H groups in total. The van der Waals surface area contributed by atoms with Crippen LogP contribution in [0.25, 0.3) is 10.9 Å². The summed E-state index contributed by atoms with van der Waals surface area (Å²) in [5, 5.41) is 1.01. The van der Waals surface area contributed by atoms with E-state index in [2.05, 4.69) is 70.7 Å². The molecule has 6 heteroatoms. The van der Waals surface area contributed by atoms with E-state index in [4.69, 9.17) is 4.74 Å². The van der Waals surface area contributed by atoms with Crippen LogP contribution in [0.2, 0.25) is 0 Å². The number of aromatic amines is 1. The zero-order valence-corrected chi connectivity index (χ0v) is 24.1. The second-order valence-corrected chi connectivity index (χ2v) is 13.0. The fraction of sp³-hybridized carbons (Fsp3) is 0.529. The molecule has 0 amide bonds. The lowest BCUT2D eigenvalue weighted by molar-refractivity contribution is -0.0660. The van der Waals surface area contributed by atoms with Crippen molar-refractivity contribution >= 4 is 29.1 Å². The maximum atomic E-state index is 14.3. The summed E-state index contributed by atoms with van der Waals surface area (Å²) >= 11 is 0. The Bertz CT molecular complexity index is 1450. The molecule has 0 radical (unpaired) electrons. The topological polar surface area (TPSA) is 60.9 Å². The molecule has 0 bridgehead atoms. The van der Waals surface area contributed by atoms with Crippen LogP contribution in [0, 0.1) is 5.92 Å². The highest BCUT2D eigenvalue weighted by molar-refractivity contribution is 6.20. The van der Waals surface area contributed by atoms with Crippen molar-refractivity contribution in [2.75, 3.05) is 44.3 Å². The van der Waals surface area contributed by atoms with E-state index in [9.17, 15) is 4.79 Å². The number of carbonyl (C=O) groups is 1. The molecular weight excluding hydrogens is 496 g/mol. The lowest BCUT2D eigenvalue weighted by Crippen LogP contribution is -2.56. The van der Waals surface area contributed by atoms with Crippen LogP contribution >= 0.6 is 0 Å². The largest absolute Gasteiger partial charge is 0.378 e. The monoisotopic (exact) mass is 538 g/mol. The smallest absolute Gasteiger partial charge is 0.195 e. The van der Waals surface area contributed by atoms with Gasteiger partial charge in [0.1, 0.15) is 0 Å². The molecular formula is C34H42N4O2. The number of nitrogens with one attached hydrogen (secondary N) is 1. The lowest BCUT2D eigenvalue weighted by atomic mass is 9.70. The van der Waals surface area contributed by atoms with Crippen LogP contribution in [0.1, 0.15) is 84.3 Å². The van der Waals surface area contributed by atoms with Gasteiger partial charge >= 0.3 is 0 Å². The number of carbonyl (C=O) groups excluding carboxylic acids is 1. The van der Waals surface area contributed by atoms with Gasteiger partial charge in [-0.25, -0.2) is 0 Å². The summed E-state index contributed by atoms with van der Waals surface area (Å²) in [6, 6.07) is 11.6. The number of aromatic nitrogens is 1. The summed E-state index contributed by atoms with van der Waals surface area (Å²) in [6.07, 6.45) is 7.73. The zero-order chi connectivity index (χ0) is 27.4. The molecule has 40 heavy (non-hydrogen) atoms. The third kappa shape index (κ3) is 4.31. The van der Waals surface area contributed by atoms with E-state index < -0.39 is 0 Å². The van der Waals surface area contributed by atoms with Crippen LogP contribution < -0.4 is 4.90 Å². The van der Waals surface area contributed by atoms with Gasteiger partial charge in [0, 0.05) is 59.4 Å². The van der Waals surface area contributed by atoms with Gasteiger partial charge in [0.15, 0.2) is 5.78 Å². The summed E-state index contributed by atoms with van der Waals surface area (Å²) in [7, 11) is 0. The van der Waals surface area contributed by atoms with Gasteiger partial charge in [-0.2, -0.15) is 0 Å². The van der Waals surface area contributed by atoms with E-state index in [-0.39, 0.29) is 11.2 Å². The summed E-state index contributed by atoms with van der Waals surface area (Å²) in [6.45, 7) is 14.7. The first kappa shape index (κ1) is 26.0. The predicted molar refractivity (Wildman–Crippen MR) is 162 cm³/mol. The minimum absolute atomic E-state index is 0.161. The molecule has 3 fully saturated rings. The van der Waals surface area contributed by atoms with Crippen molar-refractivity contribution in [3.63, 3.8) is 0 Å². The van der Waals surface area contributed by atoms with Crippen molar-refractivity contribution in [3.8, 4) is 0 Å². The van der Waals surface area contributed by atoms with E-state index in [1.807, 2.05) is 0 Å².